The van der Waals surface area contributed by atoms with Gasteiger partial charge in [-0.1, -0.05) is 79.8 Å². The van der Waals surface area contributed by atoms with Gasteiger partial charge in [0.15, 0.2) is 0 Å². The predicted octanol–water partition coefficient (Wildman–Crippen LogP) is 7.38. The minimum atomic E-state index is -3.84. The van der Waals surface area contributed by atoms with Crippen LogP contribution in [0.3, 0.4) is 0 Å². The van der Waals surface area contributed by atoms with Gasteiger partial charge >= 0.3 is 11.9 Å². The molecule has 6 rings (SSSR count). The highest BCUT2D eigenvalue weighted by Crippen LogP contribution is 2.30. The van der Waals surface area contributed by atoms with Crippen LogP contribution >= 0.6 is 11.3 Å². The molecule has 2 atom stereocenters. The molecule has 0 spiro atoms. The lowest BCUT2D eigenvalue weighted by Crippen LogP contribution is -2.47. The molecule has 9 nitrogen and oxygen atoms in total. The molecule has 0 N–H and O–H groups in total. The third-order valence-electron chi connectivity index (χ3n) is 8.33. The number of ether oxygens (including phenoxy) is 4. The van der Waals surface area contributed by atoms with E-state index in [2.05, 4.69) is 30.9 Å². The normalized spacial score (nSPS) is 14.3. The van der Waals surface area contributed by atoms with Crippen LogP contribution in [0, 0.1) is 11.8 Å². The van der Waals surface area contributed by atoms with E-state index in [4.69, 9.17) is 18.9 Å². The minimum absolute atomic E-state index is 0.0664. The van der Waals surface area contributed by atoms with Gasteiger partial charge in [0, 0.05) is 24.2 Å². The van der Waals surface area contributed by atoms with E-state index in [1.54, 1.807) is 66.0 Å². The molecule has 2 unspecified atom stereocenters. The molecular formula is C41H37NO8S2. The van der Waals surface area contributed by atoms with Crippen molar-refractivity contribution >= 4 is 33.3 Å². The SMILES string of the molecule is CCCCc1ccc(C#Cc2ccc(CN(Cc3ccc(OC(C(=O)OC)C4OC(=O)c5ccccc5O4)cc3)S(=O)(=O)c3cccs3)cc2)cc1. The van der Waals surface area contributed by atoms with Crippen LogP contribution in [0.5, 0.6) is 11.5 Å². The summed E-state index contributed by atoms with van der Waals surface area (Å²) in [5, 5.41) is 1.73. The van der Waals surface area contributed by atoms with E-state index in [0.29, 0.717) is 5.56 Å². The number of carbonyl (C=O) groups is 2. The van der Waals surface area contributed by atoms with E-state index in [-0.39, 0.29) is 34.4 Å². The molecule has 0 saturated heterocycles. The lowest BCUT2D eigenvalue weighted by Gasteiger charge is -2.30. The average Bonchev–Trinajstić information content (AvgIpc) is 3.73. The Morgan fingerprint density at radius 3 is 2.04 bits per heavy atom. The number of fused-ring (bicyclic) bond motifs is 1. The molecule has 0 fully saturated rings. The number of unbranched alkanes of at least 4 members (excludes halogenated alkanes) is 1. The van der Waals surface area contributed by atoms with Gasteiger partial charge in [0.25, 0.3) is 22.4 Å². The van der Waals surface area contributed by atoms with Crippen molar-refractivity contribution < 1.29 is 37.0 Å². The quantitative estimate of drug-likeness (QED) is 0.0911. The first kappa shape index (κ1) is 36.4. The molecule has 0 saturated carbocycles. The Morgan fingerprint density at radius 1 is 0.827 bits per heavy atom. The van der Waals surface area contributed by atoms with Gasteiger partial charge in [0.05, 0.1) is 7.11 Å². The zero-order chi connectivity index (χ0) is 36.5. The van der Waals surface area contributed by atoms with Crippen molar-refractivity contribution in [2.75, 3.05) is 7.11 Å². The van der Waals surface area contributed by atoms with Crippen molar-refractivity contribution in [2.24, 2.45) is 0 Å². The monoisotopic (exact) mass is 735 g/mol. The van der Waals surface area contributed by atoms with Crippen LogP contribution in [0.15, 0.2) is 119 Å². The molecule has 0 radical (unpaired) electrons. The van der Waals surface area contributed by atoms with Gasteiger partial charge in [0.2, 0.25) is 0 Å². The number of rotatable bonds is 13. The molecule has 0 aliphatic carbocycles. The smallest absolute Gasteiger partial charge is 0.355 e. The van der Waals surface area contributed by atoms with Crippen LogP contribution in [-0.4, -0.2) is 44.2 Å². The summed E-state index contributed by atoms with van der Waals surface area (Å²) in [5.74, 6) is 5.47. The molecule has 266 valence electrons. The second-order valence-electron chi connectivity index (χ2n) is 12.0. The van der Waals surface area contributed by atoms with Crippen LogP contribution < -0.4 is 9.47 Å². The number of aryl methyl sites for hydroxylation is 1. The molecule has 1 aliphatic heterocycles. The Kier molecular flexibility index (Phi) is 11.7. The zero-order valence-electron chi connectivity index (χ0n) is 28.7. The number of nitrogens with zero attached hydrogens (tertiary/aromatic N) is 1. The summed E-state index contributed by atoms with van der Waals surface area (Å²) in [4.78, 5) is 25.3. The number of para-hydroxylation sites is 1. The summed E-state index contributed by atoms with van der Waals surface area (Å²) in [6.45, 7) is 2.38. The van der Waals surface area contributed by atoms with E-state index in [1.807, 2.05) is 36.4 Å². The predicted molar refractivity (Wildman–Crippen MR) is 197 cm³/mol. The van der Waals surface area contributed by atoms with Crippen molar-refractivity contribution in [3.8, 4) is 23.3 Å². The number of methoxy groups -OCH3 is 1. The first-order chi connectivity index (χ1) is 25.2. The van der Waals surface area contributed by atoms with E-state index in [0.717, 1.165) is 47.3 Å². The van der Waals surface area contributed by atoms with E-state index in [1.165, 1.54) is 17.0 Å². The highest BCUT2D eigenvalue weighted by atomic mass is 32.2. The van der Waals surface area contributed by atoms with Crippen molar-refractivity contribution in [1.82, 2.24) is 4.31 Å². The van der Waals surface area contributed by atoms with Crippen molar-refractivity contribution in [1.29, 1.82) is 0 Å². The largest absolute Gasteiger partial charge is 0.471 e. The maximum absolute atomic E-state index is 13.8. The first-order valence-corrected chi connectivity index (χ1v) is 19.1. The molecular weight excluding hydrogens is 699 g/mol. The Morgan fingerprint density at radius 2 is 1.44 bits per heavy atom. The summed E-state index contributed by atoms with van der Waals surface area (Å²) >= 11 is 1.15. The molecule has 5 aromatic rings. The number of hydrogen-bond acceptors (Lipinski definition) is 9. The minimum Gasteiger partial charge on any atom is -0.471 e. The number of esters is 2. The molecule has 1 aliphatic rings. The fourth-order valence-electron chi connectivity index (χ4n) is 5.47. The maximum atomic E-state index is 13.8. The highest BCUT2D eigenvalue weighted by molar-refractivity contribution is 7.91. The summed E-state index contributed by atoms with van der Waals surface area (Å²) in [7, 11) is -2.65. The Balaban J connectivity index is 1.16. The number of cyclic esters (lactones) is 1. The summed E-state index contributed by atoms with van der Waals surface area (Å²) < 4.78 is 51.2. The summed E-state index contributed by atoms with van der Waals surface area (Å²) in [5.41, 5.74) is 4.78. The molecule has 0 amide bonds. The third kappa shape index (κ3) is 8.90. The third-order valence-corrected chi connectivity index (χ3v) is 11.5. The topological polar surface area (TPSA) is 108 Å². The van der Waals surface area contributed by atoms with Crippen LogP contribution in [0.1, 0.15) is 57.9 Å². The van der Waals surface area contributed by atoms with Gasteiger partial charge < -0.3 is 18.9 Å². The number of thiophene rings is 1. The molecule has 52 heavy (non-hydrogen) atoms. The van der Waals surface area contributed by atoms with Crippen LogP contribution in [0.4, 0.5) is 0 Å². The van der Waals surface area contributed by atoms with Gasteiger partial charge in [-0.15, -0.1) is 11.3 Å². The second kappa shape index (κ2) is 16.7. The van der Waals surface area contributed by atoms with Crippen LogP contribution in [0.2, 0.25) is 0 Å². The highest BCUT2D eigenvalue weighted by Gasteiger charge is 2.40. The van der Waals surface area contributed by atoms with Gasteiger partial charge in [-0.25, -0.2) is 18.0 Å². The zero-order valence-corrected chi connectivity index (χ0v) is 30.3. The lowest BCUT2D eigenvalue weighted by atomic mass is 10.1. The second-order valence-corrected chi connectivity index (χ2v) is 15.2. The average molecular weight is 736 g/mol. The van der Waals surface area contributed by atoms with Gasteiger partial charge in [0.1, 0.15) is 21.3 Å². The standard InChI is InChI=1S/C41H37NO8S2/c1-3-4-8-29-12-14-30(15-13-29)16-17-31-18-20-32(21-19-31)27-42(52(45,46)37-11-7-26-51-37)28-33-22-24-34(25-23-33)48-38(40(44)47-2)41-49-36-10-6-5-9-35(36)39(43)50-41/h5-7,9-15,18-26,38,41H,3-4,8,27-28H2,1-2H3. The number of sulfonamides is 1. The number of carbonyl (C=O) groups excluding carboxylic acids is 2. The Bertz CT molecular complexity index is 2150. The van der Waals surface area contributed by atoms with E-state index < -0.39 is 34.4 Å². The Labute approximate surface area is 307 Å². The lowest BCUT2D eigenvalue weighted by molar-refractivity contribution is -0.169. The van der Waals surface area contributed by atoms with Crippen molar-refractivity contribution in [3.05, 3.63) is 148 Å². The molecule has 0 bridgehead atoms. The molecule has 2 heterocycles. The summed E-state index contributed by atoms with van der Waals surface area (Å²) in [6.07, 6.45) is 0.576. The summed E-state index contributed by atoms with van der Waals surface area (Å²) in [6, 6.07) is 32.3. The molecule has 11 heteroatoms. The fourth-order valence-corrected chi connectivity index (χ4v) is 8.04. The Hall–Kier alpha value is -5.41. The maximum Gasteiger partial charge on any atom is 0.355 e. The van der Waals surface area contributed by atoms with Crippen molar-refractivity contribution in [3.63, 3.8) is 0 Å². The van der Waals surface area contributed by atoms with Gasteiger partial charge in [-0.2, -0.15) is 4.31 Å². The van der Waals surface area contributed by atoms with E-state index in [9.17, 15) is 18.0 Å². The van der Waals surface area contributed by atoms with Crippen LogP contribution in [0.25, 0.3) is 0 Å². The van der Waals surface area contributed by atoms with Gasteiger partial charge in [-0.05, 0) is 89.5 Å². The first-order valence-electron chi connectivity index (χ1n) is 16.8. The molecule has 1 aromatic heterocycles. The van der Waals surface area contributed by atoms with Crippen molar-refractivity contribution in [2.45, 2.75) is 55.9 Å². The molecule has 4 aromatic carbocycles. The fraction of sp³-hybridized carbons (Fsp3) is 0.220. The number of hydrogen-bond donors (Lipinski definition) is 0. The number of benzene rings is 4. The van der Waals surface area contributed by atoms with Gasteiger partial charge in [-0.3, -0.25) is 0 Å². The van der Waals surface area contributed by atoms with E-state index >= 15 is 0 Å². The van der Waals surface area contributed by atoms with Crippen LogP contribution in [-0.2, 0) is 43.8 Å².